The van der Waals surface area contributed by atoms with E-state index in [0.29, 0.717) is 0 Å². The fourth-order valence-electron chi connectivity index (χ4n) is 1.21. The van der Waals surface area contributed by atoms with Crippen molar-refractivity contribution >= 4 is 45.7 Å². The molecule has 0 heterocycles. The lowest BCUT2D eigenvalue weighted by Gasteiger charge is -1.97. The minimum absolute atomic E-state index is 0.727. The predicted octanol–water partition coefficient (Wildman–Crippen LogP) is 5.23. The summed E-state index contributed by atoms with van der Waals surface area (Å²) in [5.41, 5.74) is 1.06. The molecule has 0 amide bonds. The van der Waals surface area contributed by atoms with Crippen LogP contribution in [0, 0.1) is 0 Å². The Kier molecular flexibility index (Phi) is 4.66. The molecule has 0 aromatic heterocycles. The highest BCUT2D eigenvalue weighted by Crippen LogP contribution is 2.27. The standard InChI is InChI=1S/C13H9BrClNS/c14-11-7-5-10(6-8-11)9-16-17-13-4-2-1-3-12(13)15/h1-9H. The Bertz CT molecular complexity index is 525. The molecular formula is C13H9BrClNS. The van der Waals surface area contributed by atoms with Crippen LogP contribution in [0.5, 0.6) is 0 Å². The molecule has 0 saturated carbocycles. The van der Waals surface area contributed by atoms with Gasteiger partial charge in [0.25, 0.3) is 0 Å². The van der Waals surface area contributed by atoms with Crippen LogP contribution in [0.25, 0.3) is 0 Å². The number of halogens is 2. The normalized spacial score (nSPS) is 10.9. The first-order valence-corrected chi connectivity index (χ1v) is 6.90. The largest absolute Gasteiger partial charge is 0.219 e. The van der Waals surface area contributed by atoms with Crippen LogP contribution < -0.4 is 0 Å². The van der Waals surface area contributed by atoms with Crippen LogP contribution in [0.15, 0.2) is 62.3 Å². The summed E-state index contributed by atoms with van der Waals surface area (Å²) in [6.07, 6.45) is 1.82. The van der Waals surface area contributed by atoms with E-state index in [1.54, 1.807) is 0 Å². The molecule has 0 bridgehead atoms. The van der Waals surface area contributed by atoms with Gasteiger partial charge in [-0.2, -0.15) is 0 Å². The Morgan fingerprint density at radius 2 is 1.76 bits per heavy atom. The van der Waals surface area contributed by atoms with Gasteiger partial charge in [0, 0.05) is 27.5 Å². The summed E-state index contributed by atoms with van der Waals surface area (Å²) in [5.74, 6) is 0. The molecule has 0 spiro atoms. The third-order valence-corrected chi connectivity index (χ3v) is 3.79. The second kappa shape index (κ2) is 6.24. The molecule has 0 atom stereocenters. The maximum atomic E-state index is 6.03. The molecule has 4 heteroatoms. The minimum Gasteiger partial charge on any atom is -0.219 e. The SMILES string of the molecule is Clc1ccccc1SN=Cc1ccc(Br)cc1. The van der Waals surface area contributed by atoms with Crippen LogP contribution in [0.1, 0.15) is 5.56 Å². The van der Waals surface area contributed by atoms with Crippen LogP contribution in [0.4, 0.5) is 0 Å². The van der Waals surface area contributed by atoms with Gasteiger partial charge >= 0.3 is 0 Å². The second-order valence-corrected chi connectivity index (χ2v) is 5.46. The first-order valence-electron chi connectivity index (χ1n) is 4.96. The molecule has 17 heavy (non-hydrogen) atoms. The number of nitrogens with zero attached hydrogens (tertiary/aromatic N) is 1. The third-order valence-electron chi connectivity index (χ3n) is 2.06. The van der Waals surface area contributed by atoms with Gasteiger partial charge in [-0.05, 0) is 29.8 Å². The van der Waals surface area contributed by atoms with Gasteiger partial charge in [0.15, 0.2) is 0 Å². The Morgan fingerprint density at radius 1 is 1.06 bits per heavy atom. The van der Waals surface area contributed by atoms with Crippen LogP contribution in [-0.2, 0) is 0 Å². The zero-order valence-electron chi connectivity index (χ0n) is 8.81. The highest BCUT2D eigenvalue weighted by atomic mass is 79.9. The van der Waals surface area contributed by atoms with Crippen molar-refractivity contribution in [1.82, 2.24) is 0 Å². The molecular weight excluding hydrogens is 318 g/mol. The number of hydrogen-bond donors (Lipinski definition) is 0. The van der Waals surface area contributed by atoms with E-state index >= 15 is 0 Å². The number of hydrogen-bond acceptors (Lipinski definition) is 2. The quantitative estimate of drug-likeness (QED) is 0.556. The van der Waals surface area contributed by atoms with Gasteiger partial charge < -0.3 is 0 Å². The van der Waals surface area contributed by atoms with E-state index in [1.807, 2.05) is 54.7 Å². The zero-order chi connectivity index (χ0) is 12.1. The summed E-state index contributed by atoms with van der Waals surface area (Å²) in [5, 5.41) is 0.727. The highest BCUT2D eigenvalue weighted by Gasteiger charge is 1.97. The lowest BCUT2D eigenvalue weighted by Crippen LogP contribution is -1.78. The lowest BCUT2D eigenvalue weighted by atomic mass is 10.2. The first kappa shape index (κ1) is 12.7. The average Bonchev–Trinajstić information content (AvgIpc) is 2.34. The average molecular weight is 327 g/mol. The van der Waals surface area contributed by atoms with E-state index in [2.05, 4.69) is 20.3 Å². The summed E-state index contributed by atoms with van der Waals surface area (Å²) in [7, 11) is 0. The monoisotopic (exact) mass is 325 g/mol. The molecule has 2 aromatic carbocycles. The first-order chi connectivity index (χ1) is 8.25. The molecule has 0 unspecified atom stereocenters. The maximum absolute atomic E-state index is 6.03. The van der Waals surface area contributed by atoms with Gasteiger partial charge in [0.2, 0.25) is 0 Å². The topological polar surface area (TPSA) is 12.4 Å². The maximum Gasteiger partial charge on any atom is 0.0560 e. The van der Waals surface area contributed by atoms with Crippen LogP contribution in [0.2, 0.25) is 5.02 Å². The van der Waals surface area contributed by atoms with Gasteiger partial charge in [0.1, 0.15) is 0 Å². The second-order valence-electron chi connectivity index (χ2n) is 3.31. The van der Waals surface area contributed by atoms with Crippen LogP contribution in [-0.4, -0.2) is 6.21 Å². The molecule has 0 aliphatic rings. The molecule has 2 aromatic rings. The van der Waals surface area contributed by atoms with Gasteiger partial charge in [0.05, 0.1) is 5.02 Å². The molecule has 1 nitrogen and oxygen atoms in total. The van der Waals surface area contributed by atoms with Crippen molar-refractivity contribution in [1.29, 1.82) is 0 Å². The molecule has 0 aliphatic heterocycles. The number of benzene rings is 2. The van der Waals surface area contributed by atoms with Crippen molar-refractivity contribution in [3.8, 4) is 0 Å². The van der Waals surface area contributed by atoms with E-state index < -0.39 is 0 Å². The smallest absolute Gasteiger partial charge is 0.0560 e. The van der Waals surface area contributed by atoms with Gasteiger partial charge in [-0.15, -0.1) is 0 Å². The molecule has 86 valence electrons. The van der Waals surface area contributed by atoms with Gasteiger partial charge in [-0.1, -0.05) is 51.8 Å². The molecule has 0 aliphatic carbocycles. The highest BCUT2D eigenvalue weighted by molar-refractivity contribution is 9.10. The Morgan fingerprint density at radius 3 is 2.47 bits per heavy atom. The summed E-state index contributed by atoms with van der Waals surface area (Å²) in [6, 6.07) is 15.6. The van der Waals surface area contributed by atoms with Crippen molar-refractivity contribution in [3.63, 3.8) is 0 Å². The van der Waals surface area contributed by atoms with Gasteiger partial charge in [-0.3, -0.25) is 0 Å². The Hall–Kier alpha value is -0.770. The Labute approximate surface area is 118 Å². The van der Waals surface area contributed by atoms with Crippen molar-refractivity contribution in [2.24, 2.45) is 4.40 Å². The summed E-state index contributed by atoms with van der Waals surface area (Å²) in [6.45, 7) is 0. The van der Waals surface area contributed by atoms with E-state index in [0.717, 1.165) is 20.0 Å². The molecule has 2 rings (SSSR count). The zero-order valence-corrected chi connectivity index (χ0v) is 12.0. The fourth-order valence-corrected chi connectivity index (χ4v) is 2.30. The summed E-state index contributed by atoms with van der Waals surface area (Å²) >= 11 is 10.8. The van der Waals surface area contributed by atoms with Crippen molar-refractivity contribution in [2.75, 3.05) is 0 Å². The molecule has 0 fully saturated rings. The molecule has 0 saturated heterocycles. The van der Waals surface area contributed by atoms with E-state index in [-0.39, 0.29) is 0 Å². The minimum atomic E-state index is 0.727. The summed E-state index contributed by atoms with van der Waals surface area (Å²) in [4.78, 5) is 0.961. The number of rotatable bonds is 3. The van der Waals surface area contributed by atoms with Crippen LogP contribution in [0.3, 0.4) is 0 Å². The molecule has 0 N–H and O–H groups in total. The van der Waals surface area contributed by atoms with Crippen LogP contribution >= 0.6 is 39.5 Å². The van der Waals surface area contributed by atoms with Gasteiger partial charge in [-0.25, -0.2) is 4.40 Å². The predicted molar refractivity (Wildman–Crippen MR) is 79.0 cm³/mol. The fraction of sp³-hybridized carbons (Fsp3) is 0. The lowest BCUT2D eigenvalue weighted by molar-refractivity contribution is 1.46. The van der Waals surface area contributed by atoms with E-state index in [9.17, 15) is 0 Å². The van der Waals surface area contributed by atoms with Crippen molar-refractivity contribution in [3.05, 3.63) is 63.6 Å². The van der Waals surface area contributed by atoms with Crippen molar-refractivity contribution < 1.29 is 0 Å². The van der Waals surface area contributed by atoms with Crippen molar-refractivity contribution in [2.45, 2.75) is 4.90 Å². The summed E-state index contributed by atoms with van der Waals surface area (Å²) < 4.78 is 5.36. The van der Waals surface area contributed by atoms with E-state index in [4.69, 9.17) is 11.6 Å². The molecule has 0 radical (unpaired) electrons. The third kappa shape index (κ3) is 3.87. The van der Waals surface area contributed by atoms with E-state index in [1.165, 1.54) is 11.9 Å². The Balaban J connectivity index is 2.03.